The van der Waals surface area contributed by atoms with Crippen molar-refractivity contribution < 1.29 is 9.90 Å². The summed E-state index contributed by atoms with van der Waals surface area (Å²) >= 11 is 0. The number of hydrogen-bond donors (Lipinski definition) is 1. The van der Waals surface area contributed by atoms with E-state index in [-0.39, 0.29) is 12.0 Å². The zero-order chi connectivity index (χ0) is 9.30. The Hall–Kier alpha value is -0.570. The van der Waals surface area contributed by atoms with E-state index in [1.807, 2.05) is 18.7 Å². The lowest BCUT2D eigenvalue weighted by Crippen LogP contribution is -2.55. The number of hydrogen-bond acceptors (Lipinski definition) is 2. The number of likely N-dealkylation sites (tertiary alicyclic amines) is 1. The molecule has 0 bridgehead atoms. The van der Waals surface area contributed by atoms with Crippen LogP contribution in [0.15, 0.2) is 0 Å². The molecule has 0 aliphatic carbocycles. The molecule has 1 fully saturated rings. The molecule has 1 atom stereocenters. The molecule has 0 aromatic rings. The molecule has 12 heavy (non-hydrogen) atoms. The van der Waals surface area contributed by atoms with Crippen molar-refractivity contribution in [1.82, 2.24) is 4.90 Å². The fraction of sp³-hybridized carbons (Fsp3) is 0.889. The van der Waals surface area contributed by atoms with Gasteiger partial charge >= 0.3 is 5.97 Å². The average molecular weight is 171 g/mol. The van der Waals surface area contributed by atoms with Crippen molar-refractivity contribution in [3.8, 4) is 0 Å². The molecular formula is C9H17NO2. The van der Waals surface area contributed by atoms with Crippen molar-refractivity contribution >= 4 is 5.97 Å². The molecule has 0 aromatic heterocycles. The van der Waals surface area contributed by atoms with Gasteiger partial charge in [0, 0.05) is 13.1 Å². The van der Waals surface area contributed by atoms with Crippen LogP contribution in [-0.4, -0.2) is 35.1 Å². The maximum absolute atomic E-state index is 10.8. The minimum atomic E-state index is -0.683. The number of aliphatic carboxylic acids is 1. The highest BCUT2D eigenvalue weighted by molar-refractivity contribution is 5.73. The molecule has 0 radical (unpaired) electrons. The molecule has 70 valence electrons. The van der Waals surface area contributed by atoms with Crippen LogP contribution in [-0.2, 0) is 4.79 Å². The Kier molecular flexibility index (Phi) is 2.73. The summed E-state index contributed by atoms with van der Waals surface area (Å²) in [5.74, 6) is 0.192. The molecular weight excluding hydrogens is 154 g/mol. The van der Waals surface area contributed by atoms with Crippen molar-refractivity contribution in [2.24, 2.45) is 11.8 Å². The van der Waals surface area contributed by atoms with E-state index < -0.39 is 5.97 Å². The molecule has 0 amide bonds. The van der Waals surface area contributed by atoms with Crippen LogP contribution in [0.25, 0.3) is 0 Å². The van der Waals surface area contributed by atoms with Crippen LogP contribution in [0, 0.1) is 11.8 Å². The second-order valence-corrected chi connectivity index (χ2v) is 4.09. The van der Waals surface area contributed by atoms with Gasteiger partial charge in [0.15, 0.2) is 0 Å². The van der Waals surface area contributed by atoms with E-state index in [0.29, 0.717) is 5.92 Å². The molecule has 3 nitrogen and oxygen atoms in total. The number of rotatable bonds is 3. The number of nitrogens with zero attached hydrogens (tertiary/aromatic N) is 1. The van der Waals surface area contributed by atoms with Crippen LogP contribution >= 0.6 is 0 Å². The Bertz CT molecular complexity index is 173. The van der Waals surface area contributed by atoms with E-state index in [1.54, 1.807) is 0 Å². The lowest BCUT2D eigenvalue weighted by atomic mass is 9.94. The Morgan fingerprint density at radius 3 is 2.25 bits per heavy atom. The molecule has 0 aromatic carbocycles. The number of carboxylic acid groups (broad SMARTS) is 1. The fourth-order valence-corrected chi connectivity index (χ4v) is 1.84. The zero-order valence-electron chi connectivity index (χ0n) is 7.95. The number of carbonyl (C=O) groups is 1. The van der Waals surface area contributed by atoms with Crippen molar-refractivity contribution in [2.75, 3.05) is 13.1 Å². The van der Waals surface area contributed by atoms with Gasteiger partial charge in [-0.3, -0.25) is 9.69 Å². The number of carboxylic acids is 1. The third-order valence-corrected chi connectivity index (χ3v) is 2.37. The van der Waals surface area contributed by atoms with Crippen molar-refractivity contribution in [3.05, 3.63) is 0 Å². The Morgan fingerprint density at radius 2 is 2.00 bits per heavy atom. The van der Waals surface area contributed by atoms with Crippen molar-refractivity contribution in [3.63, 3.8) is 0 Å². The van der Waals surface area contributed by atoms with Crippen LogP contribution in [0.2, 0.25) is 0 Å². The summed E-state index contributed by atoms with van der Waals surface area (Å²) in [5, 5.41) is 8.92. The Morgan fingerprint density at radius 1 is 1.50 bits per heavy atom. The quantitative estimate of drug-likeness (QED) is 0.690. The minimum Gasteiger partial charge on any atom is -0.480 e. The van der Waals surface area contributed by atoms with E-state index in [0.717, 1.165) is 13.1 Å². The summed E-state index contributed by atoms with van der Waals surface area (Å²) in [5.41, 5.74) is 0. The predicted octanol–water partition coefficient (Wildman–Crippen LogP) is 1.05. The summed E-state index contributed by atoms with van der Waals surface area (Å²) in [6.07, 6.45) is 0. The van der Waals surface area contributed by atoms with E-state index in [4.69, 9.17) is 5.11 Å². The van der Waals surface area contributed by atoms with Gasteiger partial charge in [0.1, 0.15) is 6.04 Å². The topological polar surface area (TPSA) is 40.5 Å². The maximum Gasteiger partial charge on any atom is 0.321 e. The van der Waals surface area contributed by atoms with Gasteiger partial charge in [-0.25, -0.2) is 0 Å². The first-order chi connectivity index (χ1) is 5.52. The smallest absolute Gasteiger partial charge is 0.321 e. The van der Waals surface area contributed by atoms with Crippen LogP contribution in [0.3, 0.4) is 0 Å². The third kappa shape index (κ3) is 1.78. The second-order valence-electron chi connectivity index (χ2n) is 4.09. The second kappa shape index (κ2) is 3.44. The van der Waals surface area contributed by atoms with Crippen LogP contribution < -0.4 is 0 Å². The van der Waals surface area contributed by atoms with Gasteiger partial charge in [0.05, 0.1) is 0 Å². The highest BCUT2D eigenvalue weighted by Gasteiger charge is 2.35. The van der Waals surface area contributed by atoms with Crippen LogP contribution in [0.1, 0.15) is 20.8 Å². The zero-order valence-corrected chi connectivity index (χ0v) is 7.95. The lowest BCUT2D eigenvalue weighted by molar-refractivity contribution is -0.148. The molecule has 3 heteroatoms. The molecule has 1 saturated heterocycles. The van der Waals surface area contributed by atoms with Gasteiger partial charge in [-0.1, -0.05) is 20.8 Å². The van der Waals surface area contributed by atoms with Crippen molar-refractivity contribution in [2.45, 2.75) is 26.8 Å². The molecule has 0 spiro atoms. The normalized spacial score (nSPS) is 22.3. The van der Waals surface area contributed by atoms with Gasteiger partial charge in [-0.2, -0.15) is 0 Å². The average Bonchev–Trinajstić information content (AvgIpc) is 1.82. The molecule has 1 heterocycles. The van der Waals surface area contributed by atoms with Crippen LogP contribution in [0.4, 0.5) is 0 Å². The van der Waals surface area contributed by atoms with E-state index >= 15 is 0 Å². The largest absolute Gasteiger partial charge is 0.480 e. The first kappa shape index (κ1) is 9.52. The highest BCUT2D eigenvalue weighted by Crippen LogP contribution is 2.22. The maximum atomic E-state index is 10.8. The van der Waals surface area contributed by atoms with E-state index in [1.165, 1.54) is 0 Å². The first-order valence-corrected chi connectivity index (χ1v) is 4.49. The summed E-state index contributed by atoms with van der Waals surface area (Å²) in [4.78, 5) is 12.9. The van der Waals surface area contributed by atoms with E-state index in [2.05, 4.69) is 6.92 Å². The Labute approximate surface area is 73.4 Å². The molecule has 1 unspecified atom stereocenters. The van der Waals surface area contributed by atoms with Gasteiger partial charge in [-0.15, -0.1) is 0 Å². The minimum absolute atomic E-state index is 0.204. The third-order valence-electron chi connectivity index (χ3n) is 2.37. The molecule has 1 aliphatic heterocycles. The van der Waals surface area contributed by atoms with Crippen LogP contribution in [0.5, 0.6) is 0 Å². The molecule has 0 saturated carbocycles. The van der Waals surface area contributed by atoms with Gasteiger partial charge < -0.3 is 5.11 Å². The summed E-state index contributed by atoms with van der Waals surface area (Å²) in [7, 11) is 0. The highest BCUT2D eigenvalue weighted by atomic mass is 16.4. The predicted molar refractivity (Wildman–Crippen MR) is 47.0 cm³/mol. The molecule has 1 rings (SSSR count). The molecule has 1 aliphatic rings. The SMILES string of the molecule is CC1CN(C(C(=O)O)C(C)C)C1. The van der Waals surface area contributed by atoms with Gasteiger partial charge in [0.2, 0.25) is 0 Å². The monoisotopic (exact) mass is 171 g/mol. The Balaban J connectivity index is 2.50. The van der Waals surface area contributed by atoms with Gasteiger partial charge in [-0.05, 0) is 11.8 Å². The van der Waals surface area contributed by atoms with Gasteiger partial charge in [0.25, 0.3) is 0 Å². The fourth-order valence-electron chi connectivity index (χ4n) is 1.84. The lowest BCUT2D eigenvalue weighted by Gasteiger charge is -2.42. The summed E-state index contributed by atoms with van der Waals surface area (Å²) < 4.78 is 0. The first-order valence-electron chi connectivity index (χ1n) is 4.49. The summed E-state index contributed by atoms with van der Waals surface area (Å²) in [6.45, 7) is 7.95. The van der Waals surface area contributed by atoms with Crippen molar-refractivity contribution in [1.29, 1.82) is 0 Å². The standard InChI is InChI=1S/C9H17NO2/c1-6(2)8(9(11)12)10-4-7(3)5-10/h6-8H,4-5H2,1-3H3,(H,11,12). The van der Waals surface area contributed by atoms with E-state index in [9.17, 15) is 4.79 Å². The summed E-state index contributed by atoms with van der Waals surface area (Å²) in [6, 6.07) is -0.277. The molecule has 1 N–H and O–H groups in total.